The summed E-state index contributed by atoms with van der Waals surface area (Å²) >= 11 is 5.98. The van der Waals surface area contributed by atoms with Gasteiger partial charge >= 0.3 is 0 Å². The first kappa shape index (κ1) is 17.8. The van der Waals surface area contributed by atoms with Crippen LogP contribution in [0.5, 0.6) is 0 Å². The summed E-state index contributed by atoms with van der Waals surface area (Å²) in [5, 5.41) is 7.96. The molecule has 0 saturated carbocycles. The number of nitrogens with one attached hydrogen (secondary N) is 1. The van der Waals surface area contributed by atoms with Gasteiger partial charge in [0.1, 0.15) is 5.69 Å². The topological polar surface area (TPSA) is 58.4 Å². The van der Waals surface area contributed by atoms with Crippen molar-refractivity contribution in [2.75, 3.05) is 13.1 Å². The summed E-state index contributed by atoms with van der Waals surface area (Å²) in [4.78, 5) is 14.4. The molecule has 0 bridgehead atoms. The predicted molar refractivity (Wildman–Crippen MR) is 92.2 cm³/mol. The van der Waals surface area contributed by atoms with Gasteiger partial charge in [0, 0.05) is 41.8 Å². The van der Waals surface area contributed by atoms with Gasteiger partial charge in [0.05, 0.1) is 0 Å². The number of aromatic nitrogens is 1. The van der Waals surface area contributed by atoms with Crippen LogP contribution in [-0.2, 0) is 0 Å². The molecule has 1 saturated heterocycles. The van der Waals surface area contributed by atoms with Crippen molar-refractivity contribution in [2.24, 2.45) is 0 Å². The molecule has 3 rings (SSSR count). The van der Waals surface area contributed by atoms with Crippen molar-refractivity contribution in [2.45, 2.75) is 25.9 Å². The smallest absolute Gasteiger partial charge is 0.292 e. The Balaban J connectivity index is 0.00000192. The molecule has 1 aliphatic rings. The number of piperazine rings is 1. The molecule has 2 unspecified atom stereocenters. The summed E-state index contributed by atoms with van der Waals surface area (Å²) in [6, 6.07) is 9.35. The molecule has 1 aromatic heterocycles. The summed E-state index contributed by atoms with van der Waals surface area (Å²) in [6.45, 7) is 5.55. The zero-order valence-electron chi connectivity index (χ0n) is 13.0. The number of nitrogens with zero attached hydrogens (tertiary/aromatic N) is 2. The third-order valence-electron chi connectivity index (χ3n) is 4.14. The van der Waals surface area contributed by atoms with E-state index in [0.717, 1.165) is 12.1 Å². The number of amides is 1. The summed E-state index contributed by atoms with van der Waals surface area (Å²) in [7, 11) is 0. The predicted octanol–water partition coefficient (Wildman–Crippen LogP) is 3.24. The minimum Gasteiger partial charge on any atom is -0.350 e. The standard InChI is InChI=1S/C16H18ClN3O2.ClH/c1-10-11(2)20(7-6-18-10)16(21)15-9-14(19-22-15)12-4-3-5-13(17)8-12;/h3-5,8-11,18H,6-7H2,1-2H3;1H. The molecule has 124 valence electrons. The van der Waals surface area contributed by atoms with Crippen molar-refractivity contribution in [1.82, 2.24) is 15.4 Å². The van der Waals surface area contributed by atoms with Gasteiger partial charge in [-0.15, -0.1) is 12.4 Å². The van der Waals surface area contributed by atoms with Crippen molar-refractivity contribution in [3.63, 3.8) is 0 Å². The van der Waals surface area contributed by atoms with Gasteiger partial charge < -0.3 is 14.7 Å². The summed E-state index contributed by atoms with van der Waals surface area (Å²) in [5.41, 5.74) is 1.44. The molecule has 1 fully saturated rings. The van der Waals surface area contributed by atoms with Crippen LogP contribution in [0.1, 0.15) is 24.4 Å². The van der Waals surface area contributed by atoms with Crippen LogP contribution in [-0.4, -0.2) is 41.1 Å². The Hall–Kier alpha value is -1.56. The highest BCUT2D eigenvalue weighted by molar-refractivity contribution is 6.30. The van der Waals surface area contributed by atoms with Crippen LogP contribution in [0.15, 0.2) is 34.9 Å². The maximum Gasteiger partial charge on any atom is 0.292 e. The first-order valence-corrected chi connectivity index (χ1v) is 7.71. The van der Waals surface area contributed by atoms with E-state index in [2.05, 4.69) is 17.4 Å². The maximum atomic E-state index is 12.6. The lowest BCUT2D eigenvalue weighted by Crippen LogP contribution is -2.57. The minimum absolute atomic E-state index is 0. The number of carbonyl (C=O) groups excluding carboxylic acids is 1. The second kappa shape index (κ2) is 7.34. The van der Waals surface area contributed by atoms with Gasteiger partial charge in [-0.3, -0.25) is 4.79 Å². The van der Waals surface area contributed by atoms with E-state index in [1.807, 2.05) is 24.0 Å². The molecule has 23 heavy (non-hydrogen) atoms. The highest BCUT2D eigenvalue weighted by Crippen LogP contribution is 2.23. The minimum atomic E-state index is -0.123. The Morgan fingerprint density at radius 2 is 2.17 bits per heavy atom. The first-order valence-electron chi connectivity index (χ1n) is 7.33. The van der Waals surface area contributed by atoms with Crippen molar-refractivity contribution < 1.29 is 9.32 Å². The van der Waals surface area contributed by atoms with Crippen LogP contribution in [0.2, 0.25) is 5.02 Å². The number of hydrogen-bond donors (Lipinski definition) is 1. The summed E-state index contributed by atoms with van der Waals surface area (Å²) in [6.07, 6.45) is 0. The maximum absolute atomic E-state index is 12.6. The van der Waals surface area contributed by atoms with Crippen LogP contribution >= 0.6 is 24.0 Å². The summed E-state index contributed by atoms with van der Waals surface area (Å²) in [5.74, 6) is 0.137. The van der Waals surface area contributed by atoms with Crippen LogP contribution in [0.4, 0.5) is 0 Å². The van der Waals surface area contributed by atoms with Gasteiger partial charge in [0.15, 0.2) is 0 Å². The molecule has 1 aliphatic heterocycles. The molecule has 1 amide bonds. The molecule has 2 heterocycles. The van der Waals surface area contributed by atoms with E-state index in [1.165, 1.54) is 0 Å². The second-order valence-corrected chi connectivity index (χ2v) is 6.01. The SMILES string of the molecule is CC1NCCN(C(=O)c2cc(-c3cccc(Cl)c3)no2)C1C.Cl. The Morgan fingerprint density at radius 1 is 1.39 bits per heavy atom. The van der Waals surface area contributed by atoms with Crippen molar-refractivity contribution in [3.05, 3.63) is 41.1 Å². The Kier molecular flexibility index (Phi) is 5.68. The van der Waals surface area contributed by atoms with E-state index in [9.17, 15) is 4.79 Å². The zero-order valence-corrected chi connectivity index (χ0v) is 14.5. The molecule has 7 heteroatoms. The normalized spacial score (nSPS) is 20.9. The second-order valence-electron chi connectivity index (χ2n) is 5.57. The molecule has 0 spiro atoms. The van der Waals surface area contributed by atoms with E-state index in [4.69, 9.17) is 16.1 Å². The molecule has 0 radical (unpaired) electrons. The Bertz CT molecular complexity index is 689. The number of hydrogen-bond acceptors (Lipinski definition) is 4. The number of benzene rings is 1. The molecule has 1 N–H and O–H groups in total. The largest absolute Gasteiger partial charge is 0.350 e. The van der Waals surface area contributed by atoms with Gasteiger partial charge in [-0.1, -0.05) is 28.9 Å². The lowest BCUT2D eigenvalue weighted by Gasteiger charge is -2.37. The van der Waals surface area contributed by atoms with Gasteiger partial charge in [-0.2, -0.15) is 0 Å². The molecule has 1 aromatic carbocycles. The molecule has 5 nitrogen and oxygen atoms in total. The average Bonchev–Trinajstić information content (AvgIpc) is 2.99. The monoisotopic (exact) mass is 355 g/mol. The molecular weight excluding hydrogens is 337 g/mol. The number of halogens is 2. The van der Waals surface area contributed by atoms with Crippen LogP contribution in [0.25, 0.3) is 11.3 Å². The van der Waals surface area contributed by atoms with Gasteiger partial charge in [-0.25, -0.2) is 0 Å². The molecule has 0 aliphatic carbocycles. The van der Waals surface area contributed by atoms with E-state index >= 15 is 0 Å². The van der Waals surface area contributed by atoms with Crippen LogP contribution in [0.3, 0.4) is 0 Å². The fraction of sp³-hybridized carbons (Fsp3) is 0.375. The third-order valence-corrected chi connectivity index (χ3v) is 4.37. The van der Waals surface area contributed by atoms with Gasteiger partial charge in [-0.05, 0) is 26.0 Å². The quantitative estimate of drug-likeness (QED) is 0.898. The van der Waals surface area contributed by atoms with E-state index in [-0.39, 0.29) is 36.2 Å². The highest BCUT2D eigenvalue weighted by Gasteiger charge is 2.30. The molecule has 2 aromatic rings. The Morgan fingerprint density at radius 3 is 2.91 bits per heavy atom. The van der Waals surface area contributed by atoms with Crippen LogP contribution < -0.4 is 5.32 Å². The fourth-order valence-electron chi connectivity index (χ4n) is 2.64. The lowest BCUT2D eigenvalue weighted by molar-refractivity contribution is 0.0561. The Labute approximate surface area is 146 Å². The van der Waals surface area contributed by atoms with Gasteiger partial charge in [0.25, 0.3) is 5.91 Å². The van der Waals surface area contributed by atoms with E-state index in [0.29, 0.717) is 17.3 Å². The number of rotatable bonds is 2. The average molecular weight is 356 g/mol. The first-order chi connectivity index (χ1) is 10.6. The fourth-order valence-corrected chi connectivity index (χ4v) is 2.83. The molecule has 2 atom stereocenters. The lowest BCUT2D eigenvalue weighted by atomic mass is 10.1. The van der Waals surface area contributed by atoms with Gasteiger partial charge in [0.2, 0.25) is 5.76 Å². The van der Waals surface area contributed by atoms with Crippen LogP contribution in [0, 0.1) is 0 Å². The van der Waals surface area contributed by atoms with Crippen molar-refractivity contribution in [1.29, 1.82) is 0 Å². The van der Waals surface area contributed by atoms with Crippen molar-refractivity contribution >= 4 is 29.9 Å². The van der Waals surface area contributed by atoms with Crippen molar-refractivity contribution in [3.8, 4) is 11.3 Å². The summed E-state index contributed by atoms with van der Waals surface area (Å²) < 4.78 is 5.25. The van der Waals surface area contributed by atoms with E-state index < -0.39 is 0 Å². The zero-order chi connectivity index (χ0) is 15.7. The third kappa shape index (κ3) is 3.68. The number of carbonyl (C=O) groups is 1. The molecular formula is C16H19Cl2N3O2. The van der Waals surface area contributed by atoms with E-state index in [1.54, 1.807) is 18.2 Å². The highest BCUT2D eigenvalue weighted by atomic mass is 35.5.